The summed E-state index contributed by atoms with van der Waals surface area (Å²) in [6, 6.07) is 3.81. The molecule has 5 heteroatoms. The molecule has 5 nitrogen and oxygen atoms in total. The summed E-state index contributed by atoms with van der Waals surface area (Å²) in [5.41, 5.74) is 6.35. The number of anilines is 2. The van der Waals surface area contributed by atoms with Crippen LogP contribution in [-0.4, -0.2) is 31.2 Å². The summed E-state index contributed by atoms with van der Waals surface area (Å²) >= 11 is 0. The maximum Gasteiger partial charge on any atom is 0.306 e. The number of pyridine rings is 1. The SMILES string of the molecule is COC(=O)CC1(C)CCN(c2ccc(N)cn2)CC1. The van der Waals surface area contributed by atoms with Crippen LogP contribution in [0.4, 0.5) is 11.5 Å². The first-order valence-corrected chi connectivity index (χ1v) is 6.56. The average molecular weight is 263 g/mol. The minimum atomic E-state index is -0.124. The molecule has 1 aliphatic heterocycles. The highest BCUT2D eigenvalue weighted by Crippen LogP contribution is 2.35. The van der Waals surface area contributed by atoms with Crippen molar-refractivity contribution in [1.29, 1.82) is 0 Å². The molecule has 0 radical (unpaired) electrons. The van der Waals surface area contributed by atoms with E-state index in [0.717, 1.165) is 31.7 Å². The lowest BCUT2D eigenvalue weighted by Gasteiger charge is -2.39. The molecule has 1 aromatic heterocycles. The minimum Gasteiger partial charge on any atom is -0.469 e. The van der Waals surface area contributed by atoms with Gasteiger partial charge in [0, 0.05) is 13.1 Å². The van der Waals surface area contributed by atoms with Gasteiger partial charge in [0.2, 0.25) is 0 Å². The number of carbonyl (C=O) groups excluding carboxylic acids is 1. The quantitative estimate of drug-likeness (QED) is 0.843. The summed E-state index contributed by atoms with van der Waals surface area (Å²) in [6.07, 6.45) is 4.10. The average Bonchev–Trinajstić information content (AvgIpc) is 2.40. The fraction of sp³-hybridized carbons (Fsp3) is 0.571. The van der Waals surface area contributed by atoms with Crippen LogP contribution >= 0.6 is 0 Å². The molecule has 0 bridgehead atoms. The lowest BCUT2D eigenvalue weighted by molar-refractivity contribution is -0.143. The van der Waals surface area contributed by atoms with Gasteiger partial charge >= 0.3 is 5.97 Å². The number of aromatic nitrogens is 1. The minimum absolute atomic E-state index is 0.0391. The van der Waals surface area contributed by atoms with Crippen LogP contribution in [0.25, 0.3) is 0 Å². The van der Waals surface area contributed by atoms with Crippen molar-refractivity contribution >= 4 is 17.5 Å². The van der Waals surface area contributed by atoms with Crippen molar-refractivity contribution in [3.8, 4) is 0 Å². The monoisotopic (exact) mass is 263 g/mol. The second-order valence-corrected chi connectivity index (χ2v) is 5.50. The number of ether oxygens (including phenoxy) is 1. The van der Waals surface area contributed by atoms with Gasteiger partial charge in [-0.15, -0.1) is 0 Å². The van der Waals surface area contributed by atoms with E-state index in [1.807, 2.05) is 12.1 Å². The second-order valence-electron chi connectivity index (χ2n) is 5.50. The van der Waals surface area contributed by atoms with Crippen LogP contribution in [0.15, 0.2) is 18.3 Å². The summed E-state index contributed by atoms with van der Waals surface area (Å²) in [7, 11) is 1.44. The maximum absolute atomic E-state index is 11.4. The second kappa shape index (κ2) is 5.47. The molecule has 2 N–H and O–H groups in total. The Balaban J connectivity index is 1.95. The zero-order chi connectivity index (χ0) is 13.9. The Morgan fingerprint density at radius 1 is 1.47 bits per heavy atom. The smallest absolute Gasteiger partial charge is 0.306 e. The normalized spacial score (nSPS) is 18.1. The van der Waals surface area contributed by atoms with Crippen molar-refractivity contribution in [3.05, 3.63) is 18.3 Å². The fourth-order valence-electron chi connectivity index (χ4n) is 2.46. The van der Waals surface area contributed by atoms with Gasteiger partial charge in [0.05, 0.1) is 25.4 Å². The van der Waals surface area contributed by atoms with Gasteiger partial charge in [-0.25, -0.2) is 4.98 Å². The predicted molar refractivity (Wildman–Crippen MR) is 74.8 cm³/mol. The van der Waals surface area contributed by atoms with E-state index in [4.69, 9.17) is 10.5 Å². The first-order chi connectivity index (χ1) is 9.02. The van der Waals surface area contributed by atoms with Crippen molar-refractivity contribution in [2.24, 2.45) is 5.41 Å². The summed E-state index contributed by atoms with van der Waals surface area (Å²) in [4.78, 5) is 18.0. The van der Waals surface area contributed by atoms with Gasteiger partial charge in [0.1, 0.15) is 5.82 Å². The highest BCUT2D eigenvalue weighted by atomic mass is 16.5. The maximum atomic E-state index is 11.4. The van der Waals surface area contributed by atoms with Gasteiger partial charge in [0.15, 0.2) is 0 Å². The third-order valence-electron chi connectivity index (χ3n) is 3.86. The molecule has 0 aliphatic carbocycles. The van der Waals surface area contributed by atoms with E-state index >= 15 is 0 Å². The highest BCUT2D eigenvalue weighted by Gasteiger charge is 2.32. The molecule has 0 saturated carbocycles. The number of rotatable bonds is 3. The molecular formula is C14H21N3O2. The third-order valence-corrected chi connectivity index (χ3v) is 3.86. The van der Waals surface area contributed by atoms with Crippen molar-refractivity contribution in [3.63, 3.8) is 0 Å². The Morgan fingerprint density at radius 2 is 2.16 bits per heavy atom. The Bertz CT molecular complexity index is 437. The number of hydrogen-bond donors (Lipinski definition) is 1. The Morgan fingerprint density at radius 3 is 2.68 bits per heavy atom. The molecule has 1 aromatic rings. The highest BCUT2D eigenvalue weighted by molar-refractivity contribution is 5.70. The van der Waals surface area contributed by atoms with E-state index in [0.29, 0.717) is 12.1 Å². The largest absolute Gasteiger partial charge is 0.469 e. The Kier molecular flexibility index (Phi) is 3.93. The number of piperidine rings is 1. The van der Waals surface area contributed by atoms with E-state index in [9.17, 15) is 4.79 Å². The molecule has 2 rings (SSSR count). The van der Waals surface area contributed by atoms with Crippen LogP contribution in [-0.2, 0) is 9.53 Å². The van der Waals surface area contributed by atoms with Crippen molar-refractivity contribution < 1.29 is 9.53 Å². The molecule has 0 unspecified atom stereocenters. The van der Waals surface area contributed by atoms with E-state index in [-0.39, 0.29) is 11.4 Å². The van der Waals surface area contributed by atoms with Gasteiger partial charge in [-0.3, -0.25) is 4.79 Å². The van der Waals surface area contributed by atoms with E-state index < -0.39 is 0 Å². The van der Waals surface area contributed by atoms with E-state index in [1.54, 1.807) is 6.20 Å². The fourth-order valence-corrected chi connectivity index (χ4v) is 2.46. The molecule has 2 heterocycles. The van der Waals surface area contributed by atoms with E-state index in [2.05, 4.69) is 16.8 Å². The number of nitrogens with zero attached hydrogens (tertiary/aromatic N) is 2. The zero-order valence-electron chi connectivity index (χ0n) is 11.6. The third kappa shape index (κ3) is 3.36. The van der Waals surface area contributed by atoms with Crippen LogP contribution in [0.2, 0.25) is 0 Å². The van der Waals surface area contributed by atoms with Crippen molar-refractivity contribution in [2.75, 3.05) is 30.8 Å². The number of nitrogens with two attached hydrogens (primary N) is 1. The van der Waals surface area contributed by atoms with Crippen LogP contribution in [0, 0.1) is 5.41 Å². The molecular weight excluding hydrogens is 242 g/mol. The number of methoxy groups -OCH3 is 1. The molecule has 104 valence electrons. The lowest BCUT2D eigenvalue weighted by atomic mass is 9.77. The van der Waals surface area contributed by atoms with Crippen molar-refractivity contribution in [2.45, 2.75) is 26.2 Å². The number of hydrogen-bond acceptors (Lipinski definition) is 5. The van der Waals surface area contributed by atoms with Gasteiger partial charge in [-0.2, -0.15) is 0 Å². The zero-order valence-corrected chi connectivity index (χ0v) is 11.6. The topological polar surface area (TPSA) is 68.5 Å². The van der Waals surface area contributed by atoms with Crippen LogP contribution in [0.1, 0.15) is 26.2 Å². The molecule has 19 heavy (non-hydrogen) atoms. The first kappa shape index (κ1) is 13.6. The standard InChI is InChI=1S/C14H21N3O2/c1-14(9-13(18)19-2)5-7-17(8-6-14)12-4-3-11(15)10-16-12/h3-4,10H,5-9,15H2,1-2H3. The lowest BCUT2D eigenvalue weighted by Crippen LogP contribution is -2.40. The molecule has 1 fully saturated rings. The summed E-state index contributed by atoms with van der Waals surface area (Å²) in [6.45, 7) is 3.96. The number of carbonyl (C=O) groups is 1. The summed E-state index contributed by atoms with van der Waals surface area (Å²) < 4.78 is 4.76. The van der Waals surface area contributed by atoms with Gasteiger partial charge in [-0.1, -0.05) is 6.92 Å². The molecule has 1 saturated heterocycles. The van der Waals surface area contributed by atoms with Crippen LogP contribution < -0.4 is 10.6 Å². The van der Waals surface area contributed by atoms with Gasteiger partial charge in [-0.05, 0) is 30.4 Å². The summed E-state index contributed by atoms with van der Waals surface area (Å²) in [5, 5.41) is 0. The molecule has 0 aromatic carbocycles. The summed E-state index contributed by atoms with van der Waals surface area (Å²) in [5.74, 6) is 0.830. The van der Waals surface area contributed by atoms with Gasteiger partial charge in [0.25, 0.3) is 0 Å². The van der Waals surface area contributed by atoms with Crippen LogP contribution in [0.3, 0.4) is 0 Å². The Labute approximate surface area is 113 Å². The Hall–Kier alpha value is -1.78. The molecule has 0 spiro atoms. The predicted octanol–water partition coefficient (Wildman–Crippen LogP) is 1.83. The number of esters is 1. The van der Waals surface area contributed by atoms with Gasteiger partial charge < -0.3 is 15.4 Å². The van der Waals surface area contributed by atoms with Crippen LogP contribution in [0.5, 0.6) is 0 Å². The number of nitrogen functional groups attached to an aromatic ring is 1. The van der Waals surface area contributed by atoms with Crippen molar-refractivity contribution in [1.82, 2.24) is 4.98 Å². The first-order valence-electron chi connectivity index (χ1n) is 6.56. The molecule has 0 atom stereocenters. The molecule has 1 aliphatic rings. The molecule has 0 amide bonds. The van der Waals surface area contributed by atoms with E-state index in [1.165, 1.54) is 7.11 Å².